The fourth-order valence-corrected chi connectivity index (χ4v) is 5.06. The van der Waals surface area contributed by atoms with Gasteiger partial charge in [0.25, 0.3) is 0 Å². The van der Waals surface area contributed by atoms with Crippen LogP contribution in [0.4, 0.5) is 0 Å². The van der Waals surface area contributed by atoms with Gasteiger partial charge in [-0.25, -0.2) is 0 Å². The minimum absolute atomic E-state index is 0.180. The van der Waals surface area contributed by atoms with E-state index in [1.54, 1.807) is 0 Å². The van der Waals surface area contributed by atoms with E-state index in [0.717, 1.165) is 84.8 Å². The topological polar surface area (TPSA) is 36.0 Å². The van der Waals surface area contributed by atoms with Crippen LogP contribution in [0, 0.1) is 11.8 Å². The van der Waals surface area contributed by atoms with Gasteiger partial charge in [0.15, 0.2) is 0 Å². The number of ether oxygens (including phenoxy) is 1. The van der Waals surface area contributed by atoms with Gasteiger partial charge in [-0.3, -0.25) is 14.6 Å². The van der Waals surface area contributed by atoms with Crippen molar-refractivity contribution >= 4 is 5.91 Å². The van der Waals surface area contributed by atoms with Gasteiger partial charge in [0, 0.05) is 45.8 Å². The second-order valence-electron chi connectivity index (χ2n) is 8.77. The summed E-state index contributed by atoms with van der Waals surface area (Å²) in [5, 5.41) is 0. The first-order valence-corrected chi connectivity index (χ1v) is 11.1. The molecule has 0 aromatic heterocycles. The van der Waals surface area contributed by atoms with Crippen LogP contribution in [-0.2, 0) is 16.1 Å². The molecule has 3 saturated heterocycles. The van der Waals surface area contributed by atoms with Crippen LogP contribution in [0.5, 0.6) is 0 Å². The molecule has 1 amide bonds. The van der Waals surface area contributed by atoms with Crippen LogP contribution in [0.3, 0.4) is 0 Å². The second kappa shape index (κ2) is 9.86. The summed E-state index contributed by atoms with van der Waals surface area (Å²) in [6.45, 7) is 9.81. The number of morpholine rings is 1. The lowest BCUT2D eigenvalue weighted by molar-refractivity contribution is -0.139. The largest absolute Gasteiger partial charge is 0.379 e. The number of rotatable bonds is 5. The van der Waals surface area contributed by atoms with Crippen molar-refractivity contribution in [3.63, 3.8) is 0 Å². The van der Waals surface area contributed by atoms with Crippen LogP contribution >= 0.6 is 0 Å². The summed E-state index contributed by atoms with van der Waals surface area (Å²) >= 11 is 0. The van der Waals surface area contributed by atoms with Crippen LogP contribution in [0.2, 0.25) is 0 Å². The number of hydrogen-bond donors (Lipinski definition) is 0. The van der Waals surface area contributed by atoms with Gasteiger partial charge >= 0.3 is 0 Å². The molecule has 28 heavy (non-hydrogen) atoms. The van der Waals surface area contributed by atoms with Gasteiger partial charge in [-0.15, -0.1) is 0 Å². The summed E-state index contributed by atoms with van der Waals surface area (Å²) in [6.07, 6.45) is 4.59. The summed E-state index contributed by atoms with van der Waals surface area (Å²) < 4.78 is 5.47. The zero-order chi connectivity index (χ0) is 19.2. The number of piperidine rings is 2. The van der Waals surface area contributed by atoms with Crippen molar-refractivity contribution in [2.24, 2.45) is 11.8 Å². The number of likely N-dealkylation sites (tertiary alicyclic amines) is 2. The van der Waals surface area contributed by atoms with Crippen molar-refractivity contribution in [1.82, 2.24) is 14.7 Å². The number of carbonyl (C=O) groups excluding carboxylic acids is 1. The quantitative estimate of drug-likeness (QED) is 0.780. The second-order valence-corrected chi connectivity index (χ2v) is 8.77. The number of amides is 1. The van der Waals surface area contributed by atoms with E-state index in [-0.39, 0.29) is 5.92 Å². The molecule has 0 radical (unpaired) electrons. The van der Waals surface area contributed by atoms with Crippen LogP contribution in [0.25, 0.3) is 0 Å². The lowest BCUT2D eigenvalue weighted by Crippen LogP contribution is -2.50. The van der Waals surface area contributed by atoms with Crippen LogP contribution in [0.1, 0.15) is 31.2 Å². The highest BCUT2D eigenvalue weighted by Gasteiger charge is 2.32. The molecule has 1 aromatic carbocycles. The van der Waals surface area contributed by atoms with Crippen molar-refractivity contribution in [3.8, 4) is 0 Å². The smallest absolute Gasteiger partial charge is 0.226 e. The third-order valence-corrected chi connectivity index (χ3v) is 6.55. The number of hydrogen-bond acceptors (Lipinski definition) is 4. The molecule has 0 saturated carbocycles. The lowest BCUT2D eigenvalue weighted by atomic mass is 9.92. The molecular weight excluding hydrogens is 350 g/mol. The normalized spacial score (nSPS) is 27.6. The molecule has 2 atom stereocenters. The summed E-state index contributed by atoms with van der Waals surface area (Å²) in [5.74, 6) is 1.21. The fraction of sp³-hybridized carbons (Fsp3) is 0.696. The van der Waals surface area contributed by atoms with E-state index in [0.29, 0.717) is 11.8 Å². The Labute approximate surface area is 169 Å². The van der Waals surface area contributed by atoms with Crippen molar-refractivity contribution in [3.05, 3.63) is 35.9 Å². The highest BCUT2D eigenvalue weighted by molar-refractivity contribution is 5.79. The molecule has 3 aliphatic rings. The third kappa shape index (κ3) is 5.34. The number of benzene rings is 1. The Kier molecular flexibility index (Phi) is 7.00. The monoisotopic (exact) mass is 385 g/mol. The maximum absolute atomic E-state index is 13.3. The van der Waals surface area contributed by atoms with Crippen LogP contribution in [-0.4, -0.2) is 79.6 Å². The van der Waals surface area contributed by atoms with Crippen molar-refractivity contribution in [2.75, 3.05) is 59.0 Å². The Balaban J connectivity index is 1.29. The molecule has 5 nitrogen and oxygen atoms in total. The van der Waals surface area contributed by atoms with E-state index < -0.39 is 0 Å². The molecular formula is C23H35N3O2. The fourth-order valence-electron chi connectivity index (χ4n) is 5.06. The van der Waals surface area contributed by atoms with Crippen LogP contribution < -0.4 is 0 Å². The Morgan fingerprint density at radius 3 is 2.54 bits per heavy atom. The van der Waals surface area contributed by atoms with Gasteiger partial charge in [-0.05, 0) is 43.7 Å². The predicted octanol–water partition coefficient (Wildman–Crippen LogP) is 2.47. The first-order valence-electron chi connectivity index (χ1n) is 11.1. The molecule has 3 fully saturated rings. The molecule has 0 N–H and O–H groups in total. The third-order valence-electron chi connectivity index (χ3n) is 6.55. The molecule has 3 aliphatic heterocycles. The zero-order valence-electron chi connectivity index (χ0n) is 17.1. The summed E-state index contributed by atoms with van der Waals surface area (Å²) in [7, 11) is 0. The Hall–Kier alpha value is -1.43. The Bertz CT molecular complexity index is 618. The summed E-state index contributed by atoms with van der Waals surface area (Å²) in [6, 6.07) is 10.6. The molecule has 0 bridgehead atoms. The average molecular weight is 386 g/mol. The van der Waals surface area contributed by atoms with Crippen LogP contribution in [0.15, 0.2) is 30.3 Å². The lowest BCUT2D eigenvalue weighted by Gasteiger charge is -2.40. The minimum Gasteiger partial charge on any atom is -0.379 e. The van der Waals surface area contributed by atoms with Gasteiger partial charge in [0.05, 0.1) is 19.1 Å². The van der Waals surface area contributed by atoms with Gasteiger partial charge in [-0.1, -0.05) is 30.3 Å². The molecule has 0 spiro atoms. The SMILES string of the molecule is O=C(C1CCCN(Cc2ccccc2)C1)N1CCCC(CN2CCOCC2)C1. The Morgan fingerprint density at radius 1 is 0.929 bits per heavy atom. The Morgan fingerprint density at radius 2 is 1.71 bits per heavy atom. The molecule has 4 rings (SSSR count). The summed E-state index contributed by atoms with van der Waals surface area (Å²) in [4.78, 5) is 20.4. The molecule has 3 heterocycles. The van der Waals surface area contributed by atoms with Gasteiger partial charge in [0.2, 0.25) is 5.91 Å². The molecule has 5 heteroatoms. The molecule has 154 valence electrons. The molecule has 1 aromatic rings. The van der Waals surface area contributed by atoms with Crippen molar-refractivity contribution in [1.29, 1.82) is 0 Å². The van der Waals surface area contributed by atoms with E-state index >= 15 is 0 Å². The first-order chi connectivity index (χ1) is 13.8. The van der Waals surface area contributed by atoms with Gasteiger partial charge in [0.1, 0.15) is 0 Å². The van der Waals surface area contributed by atoms with Gasteiger partial charge < -0.3 is 9.64 Å². The van der Waals surface area contributed by atoms with E-state index in [1.807, 2.05) is 0 Å². The predicted molar refractivity (Wildman–Crippen MR) is 111 cm³/mol. The van der Waals surface area contributed by atoms with E-state index in [4.69, 9.17) is 4.74 Å². The van der Waals surface area contributed by atoms with Crippen molar-refractivity contribution < 1.29 is 9.53 Å². The van der Waals surface area contributed by atoms with Crippen molar-refractivity contribution in [2.45, 2.75) is 32.2 Å². The van der Waals surface area contributed by atoms with E-state index in [9.17, 15) is 4.79 Å². The summed E-state index contributed by atoms with van der Waals surface area (Å²) in [5.41, 5.74) is 1.35. The highest BCUT2D eigenvalue weighted by atomic mass is 16.5. The van der Waals surface area contributed by atoms with E-state index in [1.165, 1.54) is 12.0 Å². The molecule has 2 unspecified atom stereocenters. The number of carbonyl (C=O) groups is 1. The maximum atomic E-state index is 13.3. The maximum Gasteiger partial charge on any atom is 0.226 e. The number of nitrogens with zero attached hydrogens (tertiary/aromatic N) is 3. The highest BCUT2D eigenvalue weighted by Crippen LogP contribution is 2.24. The van der Waals surface area contributed by atoms with E-state index in [2.05, 4.69) is 45.0 Å². The standard InChI is InChI=1S/C23H35N3O2/c27-23(22-9-5-10-25(19-22)16-20-6-2-1-3-7-20)26-11-4-8-21(18-26)17-24-12-14-28-15-13-24/h1-3,6-7,21-22H,4-5,8-19H2. The van der Waals surface area contributed by atoms with Gasteiger partial charge in [-0.2, -0.15) is 0 Å². The minimum atomic E-state index is 0.180. The zero-order valence-corrected chi connectivity index (χ0v) is 17.1. The average Bonchev–Trinajstić information content (AvgIpc) is 2.75. The first kappa shape index (κ1) is 19.9. The molecule has 0 aliphatic carbocycles.